The quantitative estimate of drug-likeness (QED) is 0.428. The molecule has 0 aromatic rings. The molecule has 0 heterocycles. The van der Waals surface area contributed by atoms with E-state index in [1.54, 1.807) is 0 Å². The first-order valence-corrected chi connectivity index (χ1v) is 7.10. The number of carbonyl (C=O) groups is 3. The number of carbonyl (C=O) groups excluding carboxylic acids is 1. The van der Waals surface area contributed by atoms with Crippen LogP contribution in [-0.4, -0.2) is 46.3 Å². The lowest BCUT2D eigenvalue weighted by Gasteiger charge is -2.33. The Morgan fingerprint density at radius 2 is 1.86 bits per heavy atom. The van der Waals surface area contributed by atoms with Crippen LogP contribution in [0.4, 0.5) is 9.59 Å². The third kappa shape index (κ3) is 2.16. The highest BCUT2D eigenvalue weighted by Crippen LogP contribution is 2.76. The van der Waals surface area contributed by atoms with Gasteiger partial charge < -0.3 is 30.7 Å². The van der Waals surface area contributed by atoms with Crippen LogP contribution < -0.4 is 11.1 Å². The number of rotatable bonds is 4. The van der Waals surface area contributed by atoms with E-state index in [1.165, 1.54) is 6.92 Å². The number of hydrogen-bond acceptors (Lipinski definition) is 6. The zero-order chi connectivity index (χ0) is 16.3. The van der Waals surface area contributed by atoms with Crippen molar-refractivity contribution in [2.75, 3.05) is 0 Å². The van der Waals surface area contributed by atoms with Crippen molar-refractivity contribution < 1.29 is 34.1 Å². The Kier molecular flexibility index (Phi) is 3.03. The molecule has 5 N–H and O–H groups in total. The van der Waals surface area contributed by atoms with Gasteiger partial charge in [-0.05, 0) is 25.2 Å². The van der Waals surface area contributed by atoms with Crippen molar-refractivity contribution in [3.8, 4) is 0 Å². The second-order valence-electron chi connectivity index (χ2n) is 6.47. The number of fused-ring (bicyclic) bond motifs is 2. The highest BCUT2D eigenvalue weighted by atomic mass is 16.7. The van der Waals surface area contributed by atoms with E-state index in [4.69, 9.17) is 25.4 Å². The lowest BCUT2D eigenvalue weighted by atomic mass is 9.95. The fourth-order valence-corrected chi connectivity index (χ4v) is 4.00. The van der Waals surface area contributed by atoms with Gasteiger partial charge >= 0.3 is 12.3 Å². The molecule has 3 rings (SSSR count). The highest BCUT2D eigenvalue weighted by Gasteiger charge is 2.82. The van der Waals surface area contributed by atoms with Crippen LogP contribution in [0.1, 0.15) is 26.2 Å². The second kappa shape index (κ2) is 4.48. The maximum absolute atomic E-state index is 11.9. The average molecular weight is 314 g/mol. The topological polar surface area (TPSA) is 148 Å². The first kappa shape index (κ1) is 14.9. The van der Waals surface area contributed by atoms with Gasteiger partial charge in [0.15, 0.2) is 5.72 Å². The molecule has 0 unspecified atom stereocenters. The molecule has 0 radical (unpaired) electrons. The Balaban J connectivity index is 1.87. The first-order valence-electron chi connectivity index (χ1n) is 7.10. The number of nitrogens with two attached hydrogens (primary N) is 1. The molecule has 1 spiro atoms. The van der Waals surface area contributed by atoms with Crippen molar-refractivity contribution in [1.29, 1.82) is 0 Å². The van der Waals surface area contributed by atoms with Crippen molar-refractivity contribution in [2.24, 2.45) is 23.0 Å². The molecule has 9 nitrogen and oxygen atoms in total. The maximum atomic E-state index is 11.9. The van der Waals surface area contributed by atoms with Gasteiger partial charge in [0.1, 0.15) is 6.10 Å². The van der Waals surface area contributed by atoms with Gasteiger partial charge in [-0.2, -0.15) is 0 Å². The number of ether oxygens (including phenoxy) is 2. The smallest absolute Gasteiger partial charge is 0.450 e. The first-order chi connectivity index (χ1) is 10.2. The van der Waals surface area contributed by atoms with Crippen LogP contribution in [0.5, 0.6) is 0 Å². The molecule has 3 aliphatic carbocycles. The number of carboxylic acid groups (broad SMARTS) is 2. The van der Waals surface area contributed by atoms with Crippen LogP contribution in [0.15, 0.2) is 0 Å². The maximum Gasteiger partial charge on any atom is 0.507 e. The SMILES string of the molecule is C[C@H](N)C(=O)N[C@]1(OC(=O)O)CC2(CC2)[C@@H]2[C@H](OC(=O)O)[C@H]21. The summed E-state index contributed by atoms with van der Waals surface area (Å²) in [4.78, 5) is 33.8. The minimum Gasteiger partial charge on any atom is -0.450 e. The Morgan fingerprint density at radius 1 is 1.23 bits per heavy atom. The molecular formula is C13H18N2O7. The minimum absolute atomic E-state index is 0.115. The van der Waals surface area contributed by atoms with E-state index in [0.29, 0.717) is 6.42 Å². The normalized spacial score (nSPS) is 37.8. The monoisotopic (exact) mass is 314 g/mol. The Hall–Kier alpha value is -2.03. The van der Waals surface area contributed by atoms with Crippen molar-refractivity contribution in [1.82, 2.24) is 5.32 Å². The summed E-state index contributed by atoms with van der Waals surface area (Å²) in [7, 11) is 0. The zero-order valence-corrected chi connectivity index (χ0v) is 11.9. The van der Waals surface area contributed by atoms with E-state index in [2.05, 4.69) is 5.32 Å². The van der Waals surface area contributed by atoms with E-state index in [1.807, 2.05) is 0 Å². The van der Waals surface area contributed by atoms with Gasteiger partial charge in [0, 0.05) is 12.3 Å². The van der Waals surface area contributed by atoms with Crippen LogP contribution >= 0.6 is 0 Å². The highest BCUT2D eigenvalue weighted by molar-refractivity contribution is 5.82. The molecule has 3 fully saturated rings. The summed E-state index contributed by atoms with van der Waals surface area (Å²) < 4.78 is 9.86. The van der Waals surface area contributed by atoms with Gasteiger partial charge in [-0.15, -0.1) is 0 Å². The third-order valence-electron chi connectivity index (χ3n) is 4.96. The van der Waals surface area contributed by atoms with E-state index < -0.39 is 42.0 Å². The number of amides is 1. The van der Waals surface area contributed by atoms with Gasteiger partial charge in [-0.1, -0.05) is 0 Å². The van der Waals surface area contributed by atoms with E-state index in [-0.39, 0.29) is 11.3 Å². The molecule has 0 aromatic carbocycles. The molecule has 3 saturated carbocycles. The Bertz CT molecular complexity index is 545. The predicted molar refractivity (Wildman–Crippen MR) is 69.8 cm³/mol. The minimum atomic E-state index is -1.53. The van der Waals surface area contributed by atoms with Gasteiger partial charge in [0.25, 0.3) is 0 Å². The summed E-state index contributed by atoms with van der Waals surface area (Å²) in [6.45, 7) is 1.47. The summed E-state index contributed by atoms with van der Waals surface area (Å²) in [6, 6.07) is -0.832. The van der Waals surface area contributed by atoms with Crippen molar-refractivity contribution in [3.63, 3.8) is 0 Å². The van der Waals surface area contributed by atoms with E-state index in [9.17, 15) is 14.4 Å². The predicted octanol–water partition coefficient (Wildman–Crippen LogP) is 0.334. The van der Waals surface area contributed by atoms with E-state index in [0.717, 1.165) is 12.8 Å². The molecule has 1 amide bonds. The third-order valence-corrected chi connectivity index (χ3v) is 4.96. The standard InChI is InChI=1S/C13H18N2O7/c1-5(14)9(16)15-13(22-11(19)20)4-12(2-3-12)6-7(13)8(6)21-10(17)18/h5-8H,2-4,14H2,1H3,(H,15,16)(H,17,18)(H,19,20)/t5-,6-,7-,8-,13-/m0/s1. The largest absolute Gasteiger partial charge is 0.507 e. The summed E-state index contributed by atoms with van der Waals surface area (Å²) in [5.41, 5.74) is 3.86. The fraction of sp³-hybridized carbons (Fsp3) is 0.769. The van der Waals surface area contributed by atoms with Crippen LogP contribution in [0.25, 0.3) is 0 Å². The molecule has 0 bridgehead atoms. The van der Waals surface area contributed by atoms with Crippen LogP contribution in [-0.2, 0) is 14.3 Å². The van der Waals surface area contributed by atoms with Gasteiger partial charge in [0.2, 0.25) is 5.91 Å². The van der Waals surface area contributed by atoms with Crippen LogP contribution in [0, 0.1) is 17.3 Å². The van der Waals surface area contributed by atoms with Gasteiger partial charge in [-0.3, -0.25) is 4.79 Å². The molecule has 5 atom stereocenters. The van der Waals surface area contributed by atoms with Crippen molar-refractivity contribution in [3.05, 3.63) is 0 Å². The van der Waals surface area contributed by atoms with Crippen LogP contribution in [0.2, 0.25) is 0 Å². The summed E-state index contributed by atoms with van der Waals surface area (Å²) in [5, 5.41) is 20.4. The molecule has 122 valence electrons. The molecule has 9 heteroatoms. The Morgan fingerprint density at radius 3 is 2.32 bits per heavy atom. The fourth-order valence-electron chi connectivity index (χ4n) is 4.00. The second-order valence-corrected chi connectivity index (χ2v) is 6.47. The molecule has 3 aliphatic rings. The molecule has 0 aromatic heterocycles. The van der Waals surface area contributed by atoms with E-state index >= 15 is 0 Å². The van der Waals surface area contributed by atoms with Crippen LogP contribution in [0.3, 0.4) is 0 Å². The molecule has 22 heavy (non-hydrogen) atoms. The summed E-state index contributed by atoms with van der Waals surface area (Å²) in [5.74, 6) is -1.15. The lowest BCUT2D eigenvalue weighted by molar-refractivity contribution is -0.134. The lowest BCUT2D eigenvalue weighted by Crippen LogP contribution is -2.57. The molecule has 0 aliphatic heterocycles. The summed E-state index contributed by atoms with van der Waals surface area (Å²) in [6.07, 6.45) is -1.58. The number of hydrogen-bond donors (Lipinski definition) is 4. The molecular weight excluding hydrogens is 296 g/mol. The number of nitrogens with one attached hydrogen (secondary N) is 1. The zero-order valence-electron chi connectivity index (χ0n) is 11.9. The van der Waals surface area contributed by atoms with Gasteiger partial charge in [0.05, 0.1) is 12.0 Å². The summed E-state index contributed by atoms with van der Waals surface area (Å²) >= 11 is 0. The average Bonchev–Trinajstić information content (AvgIpc) is 3.21. The molecule has 0 saturated heterocycles. The van der Waals surface area contributed by atoms with Crippen molar-refractivity contribution >= 4 is 18.2 Å². The van der Waals surface area contributed by atoms with Crippen molar-refractivity contribution in [2.45, 2.75) is 44.1 Å². The van der Waals surface area contributed by atoms with Gasteiger partial charge in [-0.25, -0.2) is 9.59 Å². The Labute approximate surface area is 125 Å².